The van der Waals surface area contributed by atoms with Gasteiger partial charge in [-0.05, 0) is 17.8 Å². The van der Waals surface area contributed by atoms with E-state index in [1.54, 1.807) is 0 Å². The van der Waals surface area contributed by atoms with Crippen LogP contribution in [-0.2, 0) is 0 Å². The first-order chi connectivity index (χ1) is 7.18. The van der Waals surface area contributed by atoms with Gasteiger partial charge in [-0.15, -0.1) is 0 Å². The molecule has 0 spiro atoms. The SMILES string of the molecule is C.CC1CCC(C)CC1.CC1CCCCC1. The van der Waals surface area contributed by atoms with Crippen molar-refractivity contribution in [1.82, 2.24) is 0 Å². The minimum Gasteiger partial charge on any atom is -0.0776 e. The van der Waals surface area contributed by atoms with Crippen LogP contribution >= 0.6 is 0 Å². The van der Waals surface area contributed by atoms with E-state index in [-0.39, 0.29) is 7.43 Å². The first-order valence-corrected chi connectivity index (χ1v) is 7.18. The van der Waals surface area contributed by atoms with Crippen LogP contribution in [0.2, 0.25) is 0 Å². The topological polar surface area (TPSA) is 0 Å². The lowest BCUT2D eigenvalue weighted by atomic mass is 9.84. The van der Waals surface area contributed by atoms with Crippen molar-refractivity contribution in [3.8, 4) is 0 Å². The molecule has 0 aliphatic heterocycles. The van der Waals surface area contributed by atoms with Gasteiger partial charge in [-0.2, -0.15) is 0 Å². The summed E-state index contributed by atoms with van der Waals surface area (Å²) >= 11 is 0. The molecule has 0 atom stereocenters. The number of hydrogen-bond acceptors (Lipinski definition) is 0. The van der Waals surface area contributed by atoms with Crippen LogP contribution in [0.15, 0.2) is 0 Å². The minimum absolute atomic E-state index is 0. The minimum atomic E-state index is 0. The first-order valence-electron chi connectivity index (χ1n) is 7.18. The molecule has 0 aromatic heterocycles. The van der Waals surface area contributed by atoms with Gasteiger partial charge in [-0.25, -0.2) is 0 Å². The van der Waals surface area contributed by atoms with E-state index in [1.807, 2.05) is 0 Å². The van der Waals surface area contributed by atoms with Crippen molar-refractivity contribution in [1.29, 1.82) is 0 Å². The molecule has 2 saturated carbocycles. The van der Waals surface area contributed by atoms with Crippen LogP contribution in [0.3, 0.4) is 0 Å². The molecule has 0 heteroatoms. The third-order valence-corrected chi connectivity index (χ3v) is 4.20. The maximum atomic E-state index is 2.37. The van der Waals surface area contributed by atoms with Crippen molar-refractivity contribution in [3.05, 3.63) is 0 Å². The average Bonchev–Trinajstić information content (AvgIpc) is 2.25. The fraction of sp³-hybridized carbons (Fsp3) is 1.00. The van der Waals surface area contributed by atoms with Crippen molar-refractivity contribution in [3.63, 3.8) is 0 Å². The van der Waals surface area contributed by atoms with Gasteiger partial charge in [0.2, 0.25) is 0 Å². The van der Waals surface area contributed by atoms with E-state index in [2.05, 4.69) is 20.8 Å². The largest absolute Gasteiger partial charge is 0.0776 e. The van der Waals surface area contributed by atoms with Crippen molar-refractivity contribution in [2.24, 2.45) is 17.8 Å². The molecule has 2 fully saturated rings. The fourth-order valence-corrected chi connectivity index (χ4v) is 2.73. The number of rotatable bonds is 0. The molecule has 0 radical (unpaired) electrons. The van der Waals surface area contributed by atoms with Crippen LogP contribution in [0.1, 0.15) is 86.0 Å². The Bertz CT molecular complexity index is 126. The number of hydrogen-bond donors (Lipinski definition) is 0. The molecule has 0 saturated heterocycles. The van der Waals surface area contributed by atoms with Crippen molar-refractivity contribution in [2.75, 3.05) is 0 Å². The highest BCUT2D eigenvalue weighted by Gasteiger charge is 2.13. The molecule has 0 nitrogen and oxygen atoms in total. The molecular formula is C16H34. The molecule has 0 amide bonds. The summed E-state index contributed by atoms with van der Waals surface area (Å²) in [5.41, 5.74) is 0. The van der Waals surface area contributed by atoms with Crippen molar-refractivity contribution >= 4 is 0 Å². The van der Waals surface area contributed by atoms with Crippen LogP contribution in [0.4, 0.5) is 0 Å². The van der Waals surface area contributed by atoms with E-state index in [9.17, 15) is 0 Å². The van der Waals surface area contributed by atoms with Crippen LogP contribution < -0.4 is 0 Å². The van der Waals surface area contributed by atoms with Gasteiger partial charge in [0, 0.05) is 0 Å². The van der Waals surface area contributed by atoms with Crippen LogP contribution in [-0.4, -0.2) is 0 Å². The Morgan fingerprint density at radius 3 is 1.06 bits per heavy atom. The molecule has 0 unspecified atom stereocenters. The highest BCUT2D eigenvalue weighted by Crippen LogP contribution is 2.27. The Morgan fingerprint density at radius 1 is 0.500 bits per heavy atom. The third kappa shape index (κ3) is 7.30. The van der Waals surface area contributed by atoms with E-state index in [0.29, 0.717) is 0 Å². The molecule has 2 aliphatic carbocycles. The molecule has 0 bridgehead atoms. The van der Waals surface area contributed by atoms with Gasteiger partial charge in [-0.3, -0.25) is 0 Å². The first kappa shape index (κ1) is 16.0. The standard InChI is InChI=1S/C8H16.C7H14.CH4/c1-7-3-5-8(2)6-4-7;1-7-5-3-2-4-6-7;/h7-8H,3-6H2,1-2H3;7H,2-6H2,1H3;1H4. The quantitative estimate of drug-likeness (QED) is 0.471. The Kier molecular flexibility index (Phi) is 9.07. The monoisotopic (exact) mass is 226 g/mol. The van der Waals surface area contributed by atoms with Crippen molar-refractivity contribution in [2.45, 2.75) is 86.0 Å². The zero-order valence-corrected chi connectivity index (χ0v) is 11.1. The highest BCUT2D eigenvalue weighted by atomic mass is 14.2. The summed E-state index contributed by atoms with van der Waals surface area (Å²) < 4.78 is 0. The summed E-state index contributed by atoms with van der Waals surface area (Å²) in [6.07, 6.45) is 13.3. The molecule has 0 N–H and O–H groups in total. The molecule has 0 aromatic rings. The summed E-state index contributed by atoms with van der Waals surface area (Å²) in [4.78, 5) is 0. The lowest BCUT2D eigenvalue weighted by Gasteiger charge is -2.22. The predicted octanol–water partition coefficient (Wildman–Crippen LogP) is 6.06. The summed E-state index contributed by atoms with van der Waals surface area (Å²) in [5, 5.41) is 0. The van der Waals surface area contributed by atoms with Gasteiger partial charge >= 0.3 is 0 Å². The van der Waals surface area contributed by atoms with E-state index in [0.717, 1.165) is 17.8 Å². The fourth-order valence-electron chi connectivity index (χ4n) is 2.73. The second-order valence-corrected chi connectivity index (χ2v) is 6.11. The van der Waals surface area contributed by atoms with Crippen LogP contribution in [0.25, 0.3) is 0 Å². The maximum Gasteiger partial charge on any atom is -0.0443 e. The van der Waals surface area contributed by atoms with E-state index >= 15 is 0 Å². The summed E-state index contributed by atoms with van der Waals surface area (Å²) in [5.74, 6) is 3.08. The molecule has 0 aromatic carbocycles. The van der Waals surface area contributed by atoms with E-state index in [1.165, 1.54) is 57.8 Å². The maximum absolute atomic E-state index is 2.37. The smallest absolute Gasteiger partial charge is 0.0443 e. The Hall–Kier alpha value is 0. The highest BCUT2D eigenvalue weighted by molar-refractivity contribution is 4.65. The molecule has 2 rings (SSSR count). The Labute approximate surface area is 104 Å². The van der Waals surface area contributed by atoms with Gasteiger partial charge in [0.25, 0.3) is 0 Å². The van der Waals surface area contributed by atoms with Gasteiger partial charge in [0.05, 0.1) is 0 Å². The van der Waals surface area contributed by atoms with E-state index in [4.69, 9.17) is 0 Å². The van der Waals surface area contributed by atoms with Crippen molar-refractivity contribution < 1.29 is 0 Å². The second-order valence-electron chi connectivity index (χ2n) is 6.11. The zero-order valence-electron chi connectivity index (χ0n) is 11.1. The molecule has 0 heterocycles. The molecule has 2 aliphatic rings. The Morgan fingerprint density at radius 2 is 0.812 bits per heavy atom. The van der Waals surface area contributed by atoms with Gasteiger partial charge in [0.15, 0.2) is 0 Å². The van der Waals surface area contributed by atoms with Gasteiger partial charge in [-0.1, -0.05) is 86.0 Å². The normalized spacial score (nSPS) is 30.9. The van der Waals surface area contributed by atoms with Gasteiger partial charge in [0.1, 0.15) is 0 Å². The van der Waals surface area contributed by atoms with E-state index < -0.39 is 0 Å². The van der Waals surface area contributed by atoms with Crippen LogP contribution in [0, 0.1) is 17.8 Å². The summed E-state index contributed by atoms with van der Waals surface area (Å²) in [6, 6.07) is 0. The zero-order chi connectivity index (χ0) is 11.1. The lowest BCUT2D eigenvalue weighted by molar-refractivity contribution is 0.308. The third-order valence-electron chi connectivity index (χ3n) is 4.20. The molecule has 16 heavy (non-hydrogen) atoms. The lowest BCUT2D eigenvalue weighted by Crippen LogP contribution is -2.08. The predicted molar refractivity (Wildman–Crippen MR) is 75.8 cm³/mol. The Balaban J connectivity index is 0.000000267. The van der Waals surface area contributed by atoms with Gasteiger partial charge < -0.3 is 0 Å². The average molecular weight is 226 g/mol. The summed E-state index contributed by atoms with van der Waals surface area (Å²) in [7, 11) is 0. The molecular weight excluding hydrogens is 192 g/mol. The summed E-state index contributed by atoms with van der Waals surface area (Å²) in [6.45, 7) is 7.09. The second kappa shape index (κ2) is 9.07. The molecule has 98 valence electrons. The van der Waals surface area contributed by atoms with Crippen LogP contribution in [0.5, 0.6) is 0 Å².